The smallest absolute Gasteiger partial charge is 0.407 e. The van der Waals surface area contributed by atoms with Crippen LogP contribution in [-0.4, -0.2) is 77.2 Å². The Morgan fingerprint density at radius 3 is 2.74 bits per heavy atom. The number of nitrogens with one attached hydrogen (secondary N) is 2. The summed E-state index contributed by atoms with van der Waals surface area (Å²) in [5.74, 6) is 0.0459. The van der Waals surface area contributed by atoms with E-state index in [4.69, 9.17) is 16.2 Å². The molecule has 0 aliphatic carbocycles. The summed E-state index contributed by atoms with van der Waals surface area (Å²) in [4.78, 5) is 42.3. The minimum Gasteiger partial charge on any atom is -0.448 e. The van der Waals surface area contributed by atoms with Crippen molar-refractivity contribution >= 4 is 35.7 Å². The van der Waals surface area contributed by atoms with E-state index in [-0.39, 0.29) is 24.5 Å². The first-order valence-electron chi connectivity index (χ1n) is 9.98. The molecule has 11 heteroatoms. The highest BCUT2D eigenvalue weighted by atomic mass is 32.2. The zero-order valence-electron chi connectivity index (χ0n) is 17.8. The van der Waals surface area contributed by atoms with Crippen molar-refractivity contribution in [1.29, 1.82) is 0 Å². The molecule has 1 aromatic rings. The first-order valence-corrected chi connectivity index (χ1v) is 11.0. The molecule has 1 aliphatic rings. The van der Waals surface area contributed by atoms with Crippen LogP contribution in [0.4, 0.5) is 4.79 Å². The summed E-state index contributed by atoms with van der Waals surface area (Å²) in [6.07, 6.45) is 4.00. The number of thioether (sulfide) groups is 1. The Bertz CT molecular complexity index is 821. The van der Waals surface area contributed by atoms with E-state index < -0.39 is 10.8 Å². The van der Waals surface area contributed by atoms with Gasteiger partial charge in [-0.1, -0.05) is 0 Å². The van der Waals surface area contributed by atoms with Crippen LogP contribution in [0.15, 0.2) is 24.4 Å². The maximum Gasteiger partial charge on any atom is 0.407 e. The molecule has 2 atom stereocenters. The van der Waals surface area contributed by atoms with Gasteiger partial charge in [-0.3, -0.25) is 14.6 Å². The topological polar surface area (TPSA) is 153 Å². The molecular formula is C20H30N6O4S. The molecule has 2 rings (SSSR count). The fraction of sp³-hybridized carbons (Fsp3) is 0.500. The average Bonchev–Trinajstić information content (AvgIpc) is 3.07. The first-order chi connectivity index (χ1) is 14.8. The van der Waals surface area contributed by atoms with E-state index in [2.05, 4.69) is 15.6 Å². The maximum absolute atomic E-state index is 12.7. The molecular weight excluding hydrogens is 420 g/mol. The van der Waals surface area contributed by atoms with Crippen molar-refractivity contribution < 1.29 is 19.1 Å². The molecule has 170 valence electrons. The molecule has 0 aromatic carbocycles. The summed E-state index contributed by atoms with van der Waals surface area (Å²) in [7, 11) is 0. The van der Waals surface area contributed by atoms with E-state index in [1.54, 1.807) is 34.9 Å². The molecule has 0 bridgehead atoms. The van der Waals surface area contributed by atoms with E-state index in [1.165, 1.54) is 12.3 Å². The van der Waals surface area contributed by atoms with Crippen molar-refractivity contribution in [3.8, 4) is 0 Å². The number of carbonyl (C=O) groups excluding carboxylic acids is 3. The Morgan fingerprint density at radius 2 is 2.03 bits per heavy atom. The molecule has 31 heavy (non-hydrogen) atoms. The van der Waals surface area contributed by atoms with Crippen molar-refractivity contribution in [3.05, 3.63) is 35.7 Å². The third kappa shape index (κ3) is 6.94. The van der Waals surface area contributed by atoms with E-state index in [0.29, 0.717) is 43.3 Å². The highest BCUT2D eigenvalue weighted by Crippen LogP contribution is 2.39. The van der Waals surface area contributed by atoms with Crippen molar-refractivity contribution in [2.24, 2.45) is 11.5 Å². The van der Waals surface area contributed by atoms with Crippen LogP contribution >= 0.6 is 11.8 Å². The molecule has 1 saturated heterocycles. The lowest BCUT2D eigenvalue weighted by molar-refractivity contribution is -0.126. The summed E-state index contributed by atoms with van der Waals surface area (Å²) in [6, 6.07) is 3.05. The van der Waals surface area contributed by atoms with Gasteiger partial charge in [0.1, 0.15) is 6.61 Å². The minimum atomic E-state index is -0.523. The highest BCUT2D eigenvalue weighted by Gasteiger charge is 2.44. The van der Waals surface area contributed by atoms with Gasteiger partial charge in [-0.25, -0.2) is 4.79 Å². The van der Waals surface area contributed by atoms with Crippen molar-refractivity contribution in [2.45, 2.75) is 24.6 Å². The third-order valence-corrected chi connectivity index (χ3v) is 6.47. The van der Waals surface area contributed by atoms with Gasteiger partial charge in [0.05, 0.1) is 16.3 Å². The molecule has 0 saturated carbocycles. The second kappa shape index (κ2) is 11.7. The van der Waals surface area contributed by atoms with Gasteiger partial charge in [-0.05, 0) is 32.1 Å². The monoisotopic (exact) mass is 450 g/mol. The van der Waals surface area contributed by atoms with Crippen molar-refractivity contribution in [3.63, 3.8) is 0 Å². The van der Waals surface area contributed by atoms with Gasteiger partial charge in [0, 0.05) is 50.1 Å². The molecule has 0 spiro atoms. The van der Waals surface area contributed by atoms with Crippen LogP contribution in [0.2, 0.25) is 0 Å². The second-order valence-electron chi connectivity index (χ2n) is 7.21. The van der Waals surface area contributed by atoms with Crippen LogP contribution in [0.25, 0.3) is 6.08 Å². The number of amides is 3. The predicted molar refractivity (Wildman–Crippen MR) is 120 cm³/mol. The van der Waals surface area contributed by atoms with Crippen LogP contribution < -0.4 is 22.1 Å². The number of rotatable bonds is 9. The molecule has 1 fully saturated rings. The third-order valence-electron chi connectivity index (χ3n) is 4.94. The zero-order valence-corrected chi connectivity index (χ0v) is 18.6. The van der Waals surface area contributed by atoms with E-state index in [9.17, 15) is 14.4 Å². The van der Waals surface area contributed by atoms with Gasteiger partial charge < -0.3 is 31.7 Å². The number of hydrogen-bond acceptors (Lipinski definition) is 8. The average molecular weight is 451 g/mol. The number of hydrogen-bond donors (Lipinski definition) is 4. The Labute approximate surface area is 186 Å². The van der Waals surface area contributed by atoms with Gasteiger partial charge in [0.2, 0.25) is 5.91 Å². The Kier molecular flexibility index (Phi) is 9.28. The first kappa shape index (κ1) is 24.6. The lowest BCUT2D eigenvalue weighted by atomic mass is 10.0. The summed E-state index contributed by atoms with van der Waals surface area (Å²) < 4.78 is 4.86. The lowest BCUT2D eigenvalue weighted by Crippen LogP contribution is -2.45. The quantitative estimate of drug-likeness (QED) is 0.388. The number of carbonyl (C=O) groups is 3. The number of pyridine rings is 1. The van der Waals surface area contributed by atoms with Gasteiger partial charge in [-0.15, -0.1) is 11.8 Å². The molecule has 3 amide bonds. The molecule has 0 radical (unpaired) electrons. The maximum atomic E-state index is 12.7. The molecule has 1 unspecified atom stereocenters. The van der Waals surface area contributed by atoms with E-state index >= 15 is 0 Å². The Morgan fingerprint density at radius 1 is 1.32 bits per heavy atom. The van der Waals surface area contributed by atoms with Gasteiger partial charge in [0.15, 0.2) is 0 Å². The fourth-order valence-corrected chi connectivity index (χ4v) is 4.15. The SMILES string of the molecule is C[C@@H]1N(C(=O)/C=C/c2cc(C(=O)NCCN)ccn2)CSC1(C)COC(=O)NCCN. The number of ether oxygens (including phenoxy) is 1. The molecule has 1 aromatic heterocycles. The minimum absolute atomic E-state index is 0.154. The van der Waals surface area contributed by atoms with Gasteiger partial charge >= 0.3 is 6.09 Å². The largest absolute Gasteiger partial charge is 0.448 e. The molecule has 1 aliphatic heterocycles. The fourth-order valence-electron chi connectivity index (χ4n) is 2.85. The van der Waals surface area contributed by atoms with E-state index in [0.717, 1.165) is 0 Å². The Hall–Kier alpha value is -2.63. The van der Waals surface area contributed by atoms with Crippen LogP contribution in [0.1, 0.15) is 29.9 Å². The molecule has 10 nitrogen and oxygen atoms in total. The zero-order chi connectivity index (χ0) is 22.9. The summed E-state index contributed by atoms with van der Waals surface area (Å²) in [5, 5.41) is 5.25. The Balaban J connectivity index is 1.96. The molecule has 6 N–H and O–H groups in total. The second-order valence-corrected chi connectivity index (χ2v) is 8.69. The standard InChI is InChI=1S/C20H30N6O4S/c1-14-20(2,12-30-19(29)25-10-7-22)31-13-26(14)17(27)4-3-16-11-15(5-8-23-16)18(28)24-9-6-21/h3-5,8,11,14H,6-7,9-10,12-13,21-22H2,1-2H3,(H,24,28)(H,25,29)/b4-3+/t14-,20?/m0/s1. The summed E-state index contributed by atoms with van der Waals surface area (Å²) in [6.45, 7) is 5.47. The number of nitrogens with zero attached hydrogens (tertiary/aromatic N) is 2. The van der Waals surface area contributed by atoms with Gasteiger partial charge in [0.25, 0.3) is 5.91 Å². The van der Waals surface area contributed by atoms with Crippen LogP contribution in [0.3, 0.4) is 0 Å². The lowest BCUT2D eigenvalue weighted by Gasteiger charge is -2.30. The molecule has 2 heterocycles. The van der Waals surface area contributed by atoms with E-state index in [1.807, 2.05) is 13.8 Å². The normalized spacial score (nSPS) is 20.6. The van der Waals surface area contributed by atoms with Crippen LogP contribution in [-0.2, 0) is 9.53 Å². The summed E-state index contributed by atoms with van der Waals surface area (Å²) >= 11 is 1.55. The van der Waals surface area contributed by atoms with Crippen molar-refractivity contribution in [2.75, 3.05) is 38.7 Å². The predicted octanol–water partition coefficient (Wildman–Crippen LogP) is 0.148. The summed E-state index contributed by atoms with van der Waals surface area (Å²) in [5.41, 5.74) is 11.7. The number of aromatic nitrogens is 1. The van der Waals surface area contributed by atoms with Crippen LogP contribution in [0.5, 0.6) is 0 Å². The highest BCUT2D eigenvalue weighted by molar-refractivity contribution is 8.00. The number of alkyl carbamates (subject to hydrolysis) is 1. The van der Waals surface area contributed by atoms with Crippen LogP contribution in [0, 0.1) is 0 Å². The van der Waals surface area contributed by atoms with Crippen molar-refractivity contribution in [1.82, 2.24) is 20.5 Å². The van der Waals surface area contributed by atoms with Gasteiger partial charge in [-0.2, -0.15) is 0 Å². The number of nitrogens with two attached hydrogens (primary N) is 2.